The number of hydrogen-bond acceptors (Lipinski definition) is 3. The van der Waals surface area contributed by atoms with Crippen LogP contribution in [0.5, 0.6) is 5.75 Å². The number of hydrogen-bond donors (Lipinski definition) is 2. The summed E-state index contributed by atoms with van der Waals surface area (Å²) >= 11 is 0. The Morgan fingerprint density at radius 3 is 2.65 bits per heavy atom. The molecule has 0 spiro atoms. The molecule has 20 heavy (non-hydrogen) atoms. The lowest BCUT2D eigenvalue weighted by atomic mass is 9.98. The van der Waals surface area contributed by atoms with Gasteiger partial charge in [0, 0.05) is 23.3 Å². The Hall–Kier alpha value is -2.88. The summed E-state index contributed by atoms with van der Waals surface area (Å²) in [5.74, 6) is -1.12. The van der Waals surface area contributed by atoms with Crippen molar-refractivity contribution in [2.45, 2.75) is 0 Å². The van der Waals surface area contributed by atoms with E-state index in [1.54, 1.807) is 18.5 Å². The van der Waals surface area contributed by atoms with Gasteiger partial charge >= 0.3 is 5.97 Å². The first kappa shape index (κ1) is 12.2. The molecule has 4 nitrogen and oxygen atoms in total. The average Bonchev–Trinajstić information content (AvgIpc) is 2.46. The number of carboxylic acid groups (broad SMARTS) is 1. The zero-order chi connectivity index (χ0) is 14.1. The van der Waals surface area contributed by atoms with Crippen LogP contribution in [0.3, 0.4) is 0 Å². The van der Waals surface area contributed by atoms with E-state index in [2.05, 4.69) is 4.98 Å². The molecule has 0 amide bonds. The summed E-state index contributed by atoms with van der Waals surface area (Å²) in [6.45, 7) is 0. The molecule has 3 aromatic rings. The van der Waals surface area contributed by atoms with Crippen molar-refractivity contribution in [1.82, 2.24) is 4.98 Å². The van der Waals surface area contributed by atoms with Gasteiger partial charge in [0.2, 0.25) is 0 Å². The van der Waals surface area contributed by atoms with Crippen LogP contribution in [0.15, 0.2) is 54.9 Å². The van der Waals surface area contributed by atoms with Crippen LogP contribution in [-0.4, -0.2) is 21.2 Å². The molecule has 0 fully saturated rings. The third kappa shape index (κ3) is 1.97. The second-order valence-corrected chi connectivity index (χ2v) is 4.44. The van der Waals surface area contributed by atoms with Gasteiger partial charge in [0.05, 0.1) is 5.56 Å². The van der Waals surface area contributed by atoms with Gasteiger partial charge in [-0.2, -0.15) is 0 Å². The van der Waals surface area contributed by atoms with Crippen LogP contribution in [0.2, 0.25) is 0 Å². The van der Waals surface area contributed by atoms with E-state index < -0.39 is 5.97 Å². The van der Waals surface area contributed by atoms with Crippen LogP contribution in [0.1, 0.15) is 10.4 Å². The second kappa shape index (κ2) is 4.66. The van der Waals surface area contributed by atoms with Crippen molar-refractivity contribution in [3.63, 3.8) is 0 Å². The molecule has 0 saturated carbocycles. The molecule has 4 heteroatoms. The van der Waals surface area contributed by atoms with Crippen molar-refractivity contribution in [1.29, 1.82) is 0 Å². The van der Waals surface area contributed by atoms with E-state index in [4.69, 9.17) is 5.11 Å². The van der Waals surface area contributed by atoms with Gasteiger partial charge in [-0.05, 0) is 35.2 Å². The third-order valence-corrected chi connectivity index (χ3v) is 3.22. The summed E-state index contributed by atoms with van der Waals surface area (Å²) in [7, 11) is 0. The van der Waals surface area contributed by atoms with E-state index in [1.807, 2.05) is 24.3 Å². The molecule has 3 rings (SSSR count). The molecular formula is C16H11NO3. The SMILES string of the molecule is O=C(O)c1ccc(-c2cccc3ccncc23)c(O)c1. The predicted molar refractivity (Wildman–Crippen MR) is 75.8 cm³/mol. The highest BCUT2D eigenvalue weighted by Gasteiger charge is 2.11. The second-order valence-electron chi connectivity index (χ2n) is 4.44. The van der Waals surface area contributed by atoms with Gasteiger partial charge in [-0.1, -0.05) is 18.2 Å². The lowest BCUT2D eigenvalue weighted by molar-refractivity contribution is 0.0696. The van der Waals surface area contributed by atoms with Crippen molar-refractivity contribution in [2.75, 3.05) is 0 Å². The first-order chi connectivity index (χ1) is 9.66. The number of aromatic carboxylic acids is 1. The Labute approximate surface area is 115 Å². The van der Waals surface area contributed by atoms with Crippen LogP contribution in [0.4, 0.5) is 0 Å². The molecule has 0 saturated heterocycles. The van der Waals surface area contributed by atoms with E-state index in [0.717, 1.165) is 16.3 Å². The van der Waals surface area contributed by atoms with E-state index in [0.29, 0.717) is 5.56 Å². The fourth-order valence-electron chi connectivity index (χ4n) is 2.24. The number of phenols is 1. The molecule has 1 aromatic heterocycles. The molecule has 0 aliphatic carbocycles. The number of carbonyl (C=O) groups is 1. The summed E-state index contributed by atoms with van der Waals surface area (Å²) in [6, 6.07) is 12.0. The van der Waals surface area contributed by atoms with Gasteiger partial charge in [-0.25, -0.2) is 4.79 Å². The Morgan fingerprint density at radius 1 is 1.05 bits per heavy atom. The first-order valence-corrected chi connectivity index (χ1v) is 6.06. The van der Waals surface area contributed by atoms with Crippen LogP contribution in [0.25, 0.3) is 21.9 Å². The zero-order valence-electron chi connectivity index (χ0n) is 10.4. The molecular weight excluding hydrogens is 254 g/mol. The molecule has 0 aliphatic heterocycles. The van der Waals surface area contributed by atoms with Crippen molar-refractivity contribution >= 4 is 16.7 Å². The van der Waals surface area contributed by atoms with E-state index >= 15 is 0 Å². The summed E-state index contributed by atoms with van der Waals surface area (Å²) < 4.78 is 0. The Balaban J connectivity index is 2.23. The zero-order valence-corrected chi connectivity index (χ0v) is 10.4. The van der Waals surface area contributed by atoms with Crippen LogP contribution in [0, 0.1) is 0 Å². The van der Waals surface area contributed by atoms with Crippen LogP contribution < -0.4 is 0 Å². The normalized spacial score (nSPS) is 10.6. The Morgan fingerprint density at radius 2 is 1.90 bits per heavy atom. The predicted octanol–water partition coefficient (Wildman–Crippen LogP) is 3.31. The summed E-state index contributed by atoms with van der Waals surface area (Å²) in [4.78, 5) is 15.0. The van der Waals surface area contributed by atoms with Crippen LogP contribution >= 0.6 is 0 Å². The standard InChI is InChI=1S/C16H11NO3/c18-15-8-11(16(19)20)4-5-13(15)12-3-1-2-10-6-7-17-9-14(10)12/h1-9,18H,(H,19,20). The Bertz CT molecular complexity index is 806. The minimum Gasteiger partial charge on any atom is -0.507 e. The van der Waals surface area contributed by atoms with Gasteiger partial charge < -0.3 is 10.2 Å². The molecule has 1 heterocycles. The first-order valence-electron chi connectivity index (χ1n) is 6.06. The summed E-state index contributed by atoms with van der Waals surface area (Å²) in [5, 5.41) is 20.9. The number of pyridine rings is 1. The van der Waals surface area contributed by atoms with Gasteiger partial charge in [0.25, 0.3) is 0 Å². The average molecular weight is 265 g/mol. The van der Waals surface area contributed by atoms with Gasteiger partial charge in [0.15, 0.2) is 0 Å². The lowest BCUT2D eigenvalue weighted by Crippen LogP contribution is -1.95. The van der Waals surface area contributed by atoms with Gasteiger partial charge in [-0.3, -0.25) is 4.98 Å². The molecule has 0 unspecified atom stereocenters. The molecule has 0 aliphatic rings. The Kier molecular flexibility index (Phi) is 2.84. The summed E-state index contributed by atoms with van der Waals surface area (Å²) in [5.41, 5.74) is 1.48. The molecule has 2 N–H and O–H groups in total. The highest BCUT2D eigenvalue weighted by atomic mass is 16.4. The lowest BCUT2D eigenvalue weighted by Gasteiger charge is -2.09. The van der Waals surface area contributed by atoms with Crippen molar-refractivity contribution < 1.29 is 15.0 Å². The third-order valence-electron chi connectivity index (χ3n) is 3.22. The molecule has 98 valence electrons. The fraction of sp³-hybridized carbons (Fsp3) is 0. The molecule has 0 atom stereocenters. The number of phenolic OH excluding ortho intramolecular Hbond substituents is 1. The van der Waals surface area contributed by atoms with Crippen molar-refractivity contribution in [3.8, 4) is 16.9 Å². The van der Waals surface area contributed by atoms with E-state index in [-0.39, 0.29) is 11.3 Å². The number of aromatic hydroxyl groups is 1. The van der Waals surface area contributed by atoms with E-state index in [1.165, 1.54) is 12.1 Å². The minimum absolute atomic E-state index is 0.0544. The van der Waals surface area contributed by atoms with E-state index in [9.17, 15) is 9.90 Å². The van der Waals surface area contributed by atoms with Crippen molar-refractivity contribution in [3.05, 3.63) is 60.4 Å². The maximum atomic E-state index is 10.9. The molecule has 0 radical (unpaired) electrons. The molecule has 2 aromatic carbocycles. The highest BCUT2D eigenvalue weighted by Crippen LogP contribution is 2.34. The van der Waals surface area contributed by atoms with Crippen molar-refractivity contribution in [2.24, 2.45) is 0 Å². The number of carboxylic acids is 1. The number of aromatic nitrogens is 1. The number of rotatable bonds is 2. The number of fused-ring (bicyclic) bond motifs is 1. The van der Waals surface area contributed by atoms with Gasteiger partial charge in [-0.15, -0.1) is 0 Å². The largest absolute Gasteiger partial charge is 0.507 e. The monoisotopic (exact) mass is 265 g/mol. The number of nitrogens with zero attached hydrogens (tertiary/aromatic N) is 1. The molecule has 0 bridgehead atoms. The quantitative estimate of drug-likeness (QED) is 0.745. The minimum atomic E-state index is -1.06. The topological polar surface area (TPSA) is 70.4 Å². The highest BCUT2D eigenvalue weighted by molar-refractivity contribution is 5.98. The van der Waals surface area contributed by atoms with Crippen LogP contribution in [-0.2, 0) is 0 Å². The smallest absolute Gasteiger partial charge is 0.335 e. The number of benzene rings is 2. The van der Waals surface area contributed by atoms with Gasteiger partial charge in [0.1, 0.15) is 5.75 Å². The summed E-state index contributed by atoms with van der Waals surface area (Å²) in [6.07, 6.45) is 3.44. The maximum absolute atomic E-state index is 10.9. The fourth-order valence-corrected chi connectivity index (χ4v) is 2.24. The maximum Gasteiger partial charge on any atom is 0.335 e.